The van der Waals surface area contributed by atoms with Gasteiger partial charge in [-0.15, -0.1) is 0 Å². The number of rotatable bonds is 2. The molecular weight excluding hydrogens is 352 g/mol. The second-order valence-electron chi connectivity index (χ2n) is 4.65. The van der Waals surface area contributed by atoms with Crippen molar-refractivity contribution in [2.45, 2.75) is 19.2 Å². The summed E-state index contributed by atoms with van der Waals surface area (Å²) in [5.41, 5.74) is 0.0990. The lowest BCUT2D eigenvalue weighted by molar-refractivity contribution is -0.137. The van der Waals surface area contributed by atoms with E-state index in [0.29, 0.717) is 11.1 Å². The standard InChI is InChI=1S/C15H11BrF4O/c1-8-6-10(15(18,19)20)3-4-11(8)14(21)9-2-5-12(16)13(17)7-9/h2-7,14,21H,1H3. The number of aliphatic hydroxyl groups excluding tert-OH is 1. The number of aryl methyl sites for hydroxylation is 1. The van der Waals surface area contributed by atoms with Gasteiger partial charge in [0.1, 0.15) is 11.9 Å². The molecule has 0 aliphatic carbocycles. The zero-order chi connectivity index (χ0) is 15.8. The van der Waals surface area contributed by atoms with Crippen molar-refractivity contribution in [1.29, 1.82) is 0 Å². The first kappa shape index (κ1) is 16.0. The number of hydrogen-bond donors (Lipinski definition) is 1. The molecule has 0 amide bonds. The van der Waals surface area contributed by atoms with Crippen LogP contribution in [0.25, 0.3) is 0 Å². The van der Waals surface area contributed by atoms with Gasteiger partial charge < -0.3 is 5.11 Å². The molecule has 0 radical (unpaired) electrons. The van der Waals surface area contributed by atoms with Gasteiger partial charge in [-0.3, -0.25) is 0 Å². The van der Waals surface area contributed by atoms with Crippen LogP contribution in [0, 0.1) is 12.7 Å². The fourth-order valence-electron chi connectivity index (χ4n) is 2.02. The molecule has 1 unspecified atom stereocenters. The van der Waals surface area contributed by atoms with Crippen molar-refractivity contribution in [3.63, 3.8) is 0 Å². The van der Waals surface area contributed by atoms with E-state index >= 15 is 0 Å². The molecule has 2 aromatic carbocycles. The third-order valence-corrected chi connectivity index (χ3v) is 3.79. The quantitative estimate of drug-likeness (QED) is 0.745. The Morgan fingerprint density at radius 2 is 1.76 bits per heavy atom. The molecule has 1 nitrogen and oxygen atoms in total. The van der Waals surface area contributed by atoms with E-state index < -0.39 is 23.7 Å². The predicted octanol–water partition coefficient (Wildman–Crippen LogP) is 5.00. The predicted molar refractivity (Wildman–Crippen MR) is 74.3 cm³/mol. The first-order valence-corrected chi connectivity index (χ1v) is 6.80. The van der Waals surface area contributed by atoms with Crippen molar-refractivity contribution in [3.8, 4) is 0 Å². The van der Waals surface area contributed by atoms with E-state index in [1.54, 1.807) is 0 Å². The Morgan fingerprint density at radius 3 is 2.29 bits per heavy atom. The average molecular weight is 363 g/mol. The Kier molecular flexibility index (Phi) is 4.39. The van der Waals surface area contributed by atoms with Gasteiger partial charge in [0.25, 0.3) is 0 Å². The largest absolute Gasteiger partial charge is 0.416 e. The van der Waals surface area contributed by atoms with Crippen molar-refractivity contribution in [3.05, 3.63) is 68.9 Å². The van der Waals surface area contributed by atoms with E-state index in [-0.39, 0.29) is 10.0 Å². The minimum absolute atomic E-state index is 0.252. The summed E-state index contributed by atoms with van der Waals surface area (Å²) in [6.45, 7) is 1.48. The summed E-state index contributed by atoms with van der Waals surface area (Å²) in [7, 11) is 0. The lowest BCUT2D eigenvalue weighted by Crippen LogP contribution is -2.08. The van der Waals surface area contributed by atoms with Crippen LogP contribution < -0.4 is 0 Å². The van der Waals surface area contributed by atoms with Crippen LogP contribution in [0.4, 0.5) is 17.6 Å². The summed E-state index contributed by atoms with van der Waals surface area (Å²) < 4.78 is 51.5. The number of hydrogen-bond acceptors (Lipinski definition) is 1. The van der Waals surface area contributed by atoms with E-state index in [0.717, 1.165) is 18.2 Å². The third kappa shape index (κ3) is 3.44. The SMILES string of the molecule is Cc1cc(C(F)(F)F)ccc1C(O)c1ccc(Br)c(F)c1. The Balaban J connectivity index is 2.39. The summed E-state index contributed by atoms with van der Waals surface area (Å²) >= 11 is 3.00. The highest BCUT2D eigenvalue weighted by Crippen LogP contribution is 2.33. The van der Waals surface area contributed by atoms with E-state index in [1.807, 2.05) is 0 Å². The molecule has 0 heterocycles. The van der Waals surface area contributed by atoms with Gasteiger partial charge in [-0.1, -0.05) is 12.1 Å². The lowest BCUT2D eigenvalue weighted by atomic mass is 9.96. The molecule has 112 valence electrons. The van der Waals surface area contributed by atoms with Gasteiger partial charge >= 0.3 is 6.18 Å². The summed E-state index contributed by atoms with van der Waals surface area (Å²) in [5, 5.41) is 10.2. The molecule has 0 aliphatic rings. The van der Waals surface area contributed by atoms with Crippen molar-refractivity contribution >= 4 is 15.9 Å². The molecule has 0 spiro atoms. The maximum Gasteiger partial charge on any atom is 0.416 e. The van der Waals surface area contributed by atoms with Gasteiger partial charge in [-0.25, -0.2) is 4.39 Å². The monoisotopic (exact) mass is 362 g/mol. The zero-order valence-corrected chi connectivity index (χ0v) is 12.5. The van der Waals surface area contributed by atoms with E-state index in [4.69, 9.17) is 0 Å². The summed E-state index contributed by atoms with van der Waals surface area (Å²) in [6, 6.07) is 7.17. The minimum Gasteiger partial charge on any atom is -0.384 e. The summed E-state index contributed by atoms with van der Waals surface area (Å²) in [5.74, 6) is -0.545. The second kappa shape index (κ2) is 5.77. The highest BCUT2D eigenvalue weighted by Gasteiger charge is 2.31. The van der Waals surface area contributed by atoms with Gasteiger partial charge in [0.15, 0.2) is 0 Å². The van der Waals surface area contributed by atoms with E-state index in [9.17, 15) is 22.7 Å². The van der Waals surface area contributed by atoms with Crippen LogP contribution in [-0.2, 0) is 6.18 Å². The lowest BCUT2D eigenvalue weighted by Gasteiger charge is -2.16. The molecule has 1 atom stereocenters. The third-order valence-electron chi connectivity index (χ3n) is 3.15. The van der Waals surface area contributed by atoms with Gasteiger partial charge in [0, 0.05) is 0 Å². The molecule has 0 saturated heterocycles. The molecule has 1 N–H and O–H groups in total. The maximum atomic E-state index is 13.5. The van der Waals surface area contributed by atoms with Crippen LogP contribution in [0.2, 0.25) is 0 Å². The Bertz CT molecular complexity index is 667. The van der Waals surface area contributed by atoms with Gasteiger partial charge in [-0.05, 0) is 63.8 Å². The first-order valence-electron chi connectivity index (χ1n) is 6.01. The van der Waals surface area contributed by atoms with Gasteiger partial charge in [-0.2, -0.15) is 13.2 Å². The van der Waals surface area contributed by atoms with Crippen LogP contribution in [0.15, 0.2) is 40.9 Å². The van der Waals surface area contributed by atoms with E-state index in [2.05, 4.69) is 15.9 Å². The molecule has 0 saturated carbocycles. The molecule has 2 rings (SSSR count). The highest BCUT2D eigenvalue weighted by molar-refractivity contribution is 9.10. The molecule has 21 heavy (non-hydrogen) atoms. The summed E-state index contributed by atoms with van der Waals surface area (Å²) in [6.07, 6.45) is -5.62. The zero-order valence-electron chi connectivity index (χ0n) is 10.9. The second-order valence-corrected chi connectivity index (χ2v) is 5.50. The van der Waals surface area contributed by atoms with Crippen LogP contribution in [-0.4, -0.2) is 5.11 Å². The number of alkyl halides is 3. The number of halogens is 5. The topological polar surface area (TPSA) is 20.2 Å². The maximum absolute atomic E-state index is 13.5. The molecule has 0 bridgehead atoms. The van der Waals surface area contributed by atoms with Crippen LogP contribution in [0.3, 0.4) is 0 Å². The van der Waals surface area contributed by atoms with Crippen LogP contribution in [0.5, 0.6) is 0 Å². The Morgan fingerprint density at radius 1 is 1.10 bits per heavy atom. The average Bonchev–Trinajstić information content (AvgIpc) is 2.40. The van der Waals surface area contributed by atoms with Gasteiger partial charge in [0.05, 0.1) is 10.0 Å². The molecule has 0 aliphatic heterocycles. The molecule has 0 aromatic heterocycles. The van der Waals surface area contributed by atoms with Crippen LogP contribution >= 0.6 is 15.9 Å². The summed E-state index contributed by atoms with van der Waals surface area (Å²) in [4.78, 5) is 0. The molecule has 2 aromatic rings. The van der Waals surface area contributed by atoms with Crippen molar-refractivity contribution < 1.29 is 22.7 Å². The number of aliphatic hydroxyl groups is 1. The number of benzene rings is 2. The molecule has 6 heteroatoms. The molecule has 0 fully saturated rings. The fraction of sp³-hybridized carbons (Fsp3) is 0.200. The highest BCUT2D eigenvalue weighted by atomic mass is 79.9. The Labute approximate surface area is 127 Å². The van der Waals surface area contributed by atoms with Crippen molar-refractivity contribution in [2.75, 3.05) is 0 Å². The normalized spacial score (nSPS) is 13.3. The van der Waals surface area contributed by atoms with E-state index in [1.165, 1.54) is 25.1 Å². The fourth-order valence-corrected chi connectivity index (χ4v) is 2.27. The van der Waals surface area contributed by atoms with Gasteiger partial charge in [0.2, 0.25) is 0 Å². The van der Waals surface area contributed by atoms with Crippen molar-refractivity contribution in [1.82, 2.24) is 0 Å². The minimum atomic E-state index is -4.43. The van der Waals surface area contributed by atoms with Crippen molar-refractivity contribution in [2.24, 2.45) is 0 Å². The van der Waals surface area contributed by atoms with Crippen LogP contribution in [0.1, 0.15) is 28.4 Å². The smallest absolute Gasteiger partial charge is 0.384 e. The molecular formula is C15H11BrF4O. The first-order chi connectivity index (χ1) is 9.70. The Hall–Kier alpha value is -1.40.